The van der Waals surface area contributed by atoms with Gasteiger partial charge >= 0.3 is 21.8 Å². The molecule has 1 N–H and O–H groups in total. The van der Waals surface area contributed by atoms with Gasteiger partial charge in [-0.05, 0) is 67.4 Å². The highest BCUT2D eigenvalue weighted by Gasteiger charge is 2.49. The van der Waals surface area contributed by atoms with Crippen LogP contribution in [0.2, 0.25) is 0 Å². The van der Waals surface area contributed by atoms with Gasteiger partial charge in [-0.1, -0.05) is 36.4 Å². The molecule has 16 heteroatoms. The fraction of sp³-hybridized carbons (Fsp3) is 0.469. The van der Waals surface area contributed by atoms with E-state index in [2.05, 4.69) is 28.6 Å². The number of benzene rings is 2. The van der Waals surface area contributed by atoms with Crippen LogP contribution in [0, 0.1) is 0 Å². The zero-order chi connectivity index (χ0) is 34.7. The minimum atomic E-state index is -6.05. The molecule has 8 nitrogen and oxygen atoms in total. The summed E-state index contributed by atoms with van der Waals surface area (Å²) in [5, 5.41) is 3.39. The van der Waals surface area contributed by atoms with Crippen molar-refractivity contribution in [3.05, 3.63) is 88.7 Å². The average Bonchev–Trinajstić information content (AvgIpc) is 2.99. The Labute approximate surface area is 278 Å². The maximum absolute atomic E-state index is 13.9. The third-order valence-corrected chi connectivity index (χ3v) is 9.77. The third kappa shape index (κ3) is 8.78. The summed E-state index contributed by atoms with van der Waals surface area (Å²) >= 11 is 0. The number of anilines is 1. The molecule has 0 spiro atoms. The summed E-state index contributed by atoms with van der Waals surface area (Å²) in [5.41, 5.74) is -3.26. The molecule has 0 radical (unpaired) electrons. The van der Waals surface area contributed by atoms with Crippen molar-refractivity contribution in [1.82, 2.24) is 14.8 Å². The molecular formula is C32H37F6N4O4PS. The number of aromatic nitrogens is 1. The molecular weight excluding hydrogens is 681 g/mol. The number of alkyl halides is 6. The molecule has 1 saturated heterocycles. The van der Waals surface area contributed by atoms with Gasteiger partial charge in [-0.15, -0.1) is 9.24 Å². The predicted octanol–water partition coefficient (Wildman–Crippen LogP) is 6.29. The lowest BCUT2D eigenvalue weighted by Crippen LogP contribution is -2.54. The van der Waals surface area contributed by atoms with Crippen molar-refractivity contribution in [3.63, 3.8) is 0 Å². The van der Waals surface area contributed by atoms with E-state index in [0.717, 1.165) is 43.8 Å². The topological polar surface area (TPSA) is 84.0 Å². The Hall–Kier alpha value is -2.97. The Kier molecular flexibility index (Phi) is 11.3. The molecule has 0 aliphatic carbocycles. The van der Waals surface area contributed by atoms with Gasteiger partial charge in [0.05, 0.1) is 49.4 Å². The average molecular weight is 719 g/mol. The Morgan fingerprint density at radius 3 is 2.35 bits per heavy atom. The maximum atomic E-state index is 13.9. The van der Waals surface area contributed by atoms with Crippen molar-refractivity contribution in [2.24, 2.45) is 0 Å². The Bertz CT molecular complexity index is 1640. The quantitative estimate of drug-likeness (QED) is 0.0957. The van der Waals surface area contributed by atoms with Gasteiger partial charge in [0.25, 0.3) is 0 Å². The van der Waals surface area contributed by atoms with Gasteiger partial charge < -0.3 is 14.2 Å². The first-order valence-electron chi connectivity index (χ1n) is 15.4. The molecule has 2 aromatic carbocycles. The van der Waals surface area contributed by atoms with Crippen molar-refractivity contribution < 1.29 is 43.7 Å². The van der Waals surface area contributed by atoms with Gasteiger partial charge in [0.2, 0.25) is 0 Å². The van der Waals surface area contributed by atoms with Crippen LogP contribution in [0.3, 0.4) is 0 Å². The SMILES string of the molecule is C[C@@H]1Cc2c(ccc(OS(=O)(=O)C(F)(F)F)c2COCc2ccccc2)C(c2ccc(NC3CN(CCCP)C3)cn2)N1CC(F)(F)F. The van der Waals surface area contributed by atoms with Gasteiger partial charge in [-0.3, -0.25) is 14.8 Å². The summed E-state index contributed by atoms with van der Waals surface area (Å²) in [6.45, 7) is 2.72. The van der Waals surface area contributed by atoms with Crippen molar-refractivity contribution in [3.8, 4) is 5.75 Å². The Morgan fingerprint density at radius 1 is 1.00 bits per heavy atom. The van der Waals surface area contributed by atoms with E-state index in [1.807, 2.05) is 0 Å². The molecule has 0 amide bonds. The van der Waals surface area contributed by atoms with Crippen LogP contribution in [-0.2, 0) is 34.5 Å². The number of fused-ring (bicyclic) bond motifs is 1. The van der Waals surface area contributed by atoms with E-state index >= 15 is 0 Å². The maximum Gasteiger partial charge on any atom is 0.534 e. The largest absolute Gasteiger partial charge is 0.534 e. The molecule has 2 aliphatic rings. The van der Waals surface area contributed by atoms with Crippen LogP contribution >= 0.6 is 9.24 Å². The number of hydrogen-bond acceptors (Lipinski definition) is 8. The second-order valence-corrected chi connectivity index (χ2v) is 14.1. The van der Waals surface area contributed by atoms with Crippen molar-refractivity contribution in [1.29, 1.82) is 0 Å². The molecule has 0 saturated carbocycles. The van der Waals surface area contributed by atoms with Gasteiger partial charge in [0.1, 0.15) is 5.75 Å². The van der Waals surface area contributed by atoms with E-state index in [4.69, 9.17) is 4.74 Å². The molecule has 3 heterocycles. The normalized spacial score (nSPS) is 19.5. The predicted molar refractivity (Wildman–Crippen MR) is 172 cm³/mol. The molecule has 262 valence electrons. The molecule has 1 fully saturated rings. The summed E-state index contributed by atoms with van der Waals surface area (Å²) in [6.07, 6.45) is -0.941. The number of ether oxygens (including phenoxy) is 1. The number of halogens is 6. The first-order valence-corrected chi connectivity index (χ1v) is 17.6. The molecule has 3 atom stereocenters. The fourth-order valence-corrected chi connectivity index (χ4v) is 6.78. The number of rotatable bonds is 13. The summed E-state index contributed by atoms with van der Waals surface area (Å²) in [5.74, 6) is -0.603. The van der Waals surface area contributed by atoms with Crippen LogP contribution in [0.1, 0.15) is 47.3 Å². The van der Waals surface area contributed by atoms with Gasteiger partial charge in [0, 0.05) is 24.7 Å². The van der Waals surface area contributed by atoms with E-state index in [-0.39, 0.29) is 31.2 Å². The van der Waals surface area contributed by atoms with Crippen LogP contribution in [0.4, 0.5) is 32.0 Å². The van der Waals surface area contributed by atoms with Gasteiger partial charge in [-0.2, -0.15) is 34.8 Å². The first kappa shape index (κ1) is 36.3. The number of likely N-dealkylation sites (tertiary alicyclic amines) is 1. The zero-order valence-electron chi connectivity index (χ0n) is 26.1. The fourth-order valence-electron chi connectivity index (χ4n) is 6.11. The summed E-state index contributed by atoms with van der Waals surface area (Å²) in [4.78, 5) is 8.11. The molecule has 5 rings (SSSR count). The highest BCUT2D eigenvalue weighted by atomic mass is 32.2. The lowest BCUT2D eigenvalue weighted by atomic mass is 9.83. The number of nitrogens with zero attached hydrogens (tertiary/aromatic N) is 3. The standard InChI is InChI=1S/C32H37F6N4O4PS/c1-21-14-26-25(9-11-29(46-48(43,44)32(36,37)38)27(26)19-45-18-22-6-3-2-4-7-22)30(42(21)20-31(33,34)35)28-10-8-23(15-39-28)40-24-16-41(17-24)12-5-13-47/h2-4,6-11,15,21,24,30,40H,5,12-14,16-20,47H2,1H3/t21-,30?/m1/s1. The van der Waals surface area contributed by atoms with Crippen LogP contribution in [-0.4, -0.2) is 79.3 Å². The van der Waals surface area contributed by atoms with Gasteiger partial charge in [-0.25, -0.2) is 0 Å². The molecule has 2 aliphatic heterocycles. The summed E-state index contributed by atoms with van der Waals surface area (Å²) < 4.78 is 116. The van der Waals surface area contributed by atoms with E-state index in [1.165, 1.54) is 11.0 Å². The number of nitrogens with one attached hydrogen (secondary N) is 1. The second-order valence-electron chi connectivity index (χ2n) is 12.0. The molecule has 3 aromatic rings. The summed E-state index contributed by atoms with van der Waals surface area (Å²) in [7, 11) is -3.34. The van der Waals surface area contributed by atoms with E-state index in [0.29, 0.717) is 22.5 Å². The molecule has 1 aromatic heterocycles. The Morgan fingerprint density at radius 2 is 1.73 bits per heavy atom. The van der Waals surface area contributed by atoms with Crippen LogP contribution in [0.15, 0.2) is 60.8 Å². The third-order valence-electron chi connectivity index (χ3n) is 8.39. The zero-order valence-corrected chi connectivity index (χ0v) is 28.1. The number of pyridine rings is 1. The van der Waals surface area contributed by atoms with E-state index in [9.17, 15) is 34.8 Å². The van der Waals surface area contributed by atoms with Crippen LogP contribution in [0.25, 0.3) is 0 Å². The lowest BCUT2D eigenvalue weighted by molar-refractivity contribution is -0.155. The van der Waals surface area contributed by atoms with E-state index < -0.39 is 46.2 Å². The van der Waals surface area contributed by atoms with Crippen LogP contribution in [0.5, 0.6) is 5.75 Å². The minimum Gasteiger partial charge on any atom is -0.378 e. The molecule has 2 unspecified atom stereocenters. The van der Waals surface area contributed by atoms with E-state index in [1.54, 1.807) is 55.6 Å². The van der Waals surface area contributed by atoms with Crippen molar-refractivity contribution in [2.45, 2.75) is 62.8 Å². The number of hydrogen-bond donors (Lipinski definition) is 1. The highest BCUT2D eigenvalue weighted by molar-refractivity contribution is 7.88. The van der Waals surface area contributed by atoms with Crippen LogP contribution < -0.4 is 9.50 Å². The summed E-state index contributed by atoms with van der Waals surface area (Å²) in [6, 6.07) is 13.0. The first-order chi connectivity index (χ1) is 22.6. The van der Waals surface area contributed by atoms with Gasteiger partial charge in [0.15, 0.2) is 0 Å². The molecule has 0 bridgehead atoms. The van der Waals surface area contributed by atoms with Crippen molar-refractivity contribution in [2.75, 3.05) is 37.7 Å². The minimum absolute atomic E-state index is 0.00857. The van der Waals surface area contributed by atoms with Crippen molar-refractivity contribution >= 4 is 25.0 Å². The lowest BCUT2D eigenvalue weighted by Gasteiger charge is -2.43. The Balaban J connectivity index is 1.49. The molecule has 48 heavy (non-hydrogen) atoms. The smallest absolute Gasteiger partial charge is 0.378 e. The highest BCUT2D eigenvalue weighted by Crippen LogP contribution is 2.43. The monoisotopic (exact) mass is 718 g/mol. The second kappa shape index (κ2) is 14.9.